The van der Waals surface area contributed by atoms with E-state index in [0.29, 0.717) is 22.6 Å². The van der Waals surface area contributed by atoms with E-state index in [4.69, 9.17) is 27.6 Å². The zero-order valence-electron chi connectivity index (χ0n) is 40.8. The molecule has 10 aromatic rings. The third-order valence-electron chi connectivity index (χ3n) is 11.3. The number of hydrogen-bond donors (Lipinski definition) is 0. The van der Waals surface area contributed by atoms with Crippen molar-refractivity contribution in [2.45, 2.75) is 55.4 Å². The molecule has 0 saturated carbocycles. The van der Waals surface area contributed by atoms with E-state index in [2.05, 4.69) is 36.4 Å². The zero-order valence-corrected chi connectivity index (χ0v) is 42.8. The van der Waals surface area contributed by atoms with Crippen LogP contribution in [0.15, 0.2) is 170 Å². The van der Waals surface area contributed by atoms with Crippen LogP contribution in [-0.4, -0.2) is 25.2 Å². The normalized spacial score (nSPS) is 11.0. The standard InChI is InChI=1S/C54H40O8P2.3C2H6/c1-3-57-53(55)45-29-33-17-7-11-23-39(33)49(51(45)61-63-59-47-31-35-19-5-9-21-37(35)41-25-13-15-27-43(41)47)50-40-24-12-8-18-34(40)30-46(54(56)58-4-2)52(50)62-64-60-48-32-36-20-6-10-22-38(36)42-26-14-16-28-44(42)48;3*1-2/h5-32,63-64H,3-4H2,1-2H3;3*1-2H3. The van der Waals surface area contributed by atoms with Gasteiger partial charge in [0.15, 0.2) is 0 Å². The molecule has 2 unspecified atom stereocenters. The van der Waals surface area contributed by atoms with E-state index in [-0.39, 0.29) is 35.8 Å². The highest BCUT2D eigenvalue weighted by atomic mass is 31.1. The van der Waals surface area contributed by atoms with Gasteiger partial charge in [0.1, 0.15) is 34.1 Å². The second kappa shape index (κ2) is 24.4. The van der Waals surface area contributed by atoms with Gasteiger partial charge in [-0.05, 0) is 92.0 Å². The number of fused-ring (bicyclic) bond motifs is 8. The number of ether oxygens (including phenoxy) is 2. The summed E-state index contributed by atoms with van der Waals surface area (Å²) in [5.74, 6) is 0.527. The maximum absolute atomic E-state index is 14.1. The van der Waals surface area contributed by atoms with E-state index in [9.17, 15) is 9.59 Å². The number of carbonyl (C=O) groups excluding carboxylic acids is 2. The van der Waals surface area contributed by atoms with Crippen molar-refractivity contribution >= 4 is 94.6 Å². The van der Waals surface area contributed by atoms with Gasteiger partial charge in [0.25, 0.3) is 18.1 Å². The molecule has 2 atom stereocenters. The molecular formula is C60H58O8P2. The molecule has 10 heteroatoms. The zero-order chi connectivity index (χ0) is 49.6. The molecule has 356 valence electrons. The van der Waals surface area contributed by atoms with Gasteiger partial charge in [0.05, 0.1) is 13.2 Å². The van der Waals surface area contributed by atoms with Crippen LogP contribution in [0.3, 0.4) is 0 Å². The minimum atomic E-state index is -0.607. The lowest BCUT2D eigenvalue weighted by Gasteiger charge is -2.23. The molecule has 10 rings (SSSR count). The molecule has 70 heavy (non-hydrogen) atoms. The van der Waals surface area contributed by atoms with Crippen molar-refractivity contribution in [1.82, 2.24) is 0 Å². The maximum Gasteiger partial charge on any atom is 0.341 e. The van der Waals surface area contributed by atoms with E-state index in [1.165, 1.54) is 0 Å². The lowest BCUT2D eigenvalue weighted by atomic mass is 9.89. The summed E-state index contributed by atoms with van der Waals surface area (Å²) >= 11 is 0. The van der Waals surface area contributed by atoms with Gasteiger partial charge in [-0.15, -0.1) is 0 Å². The molecule has 0 heterocycles. The molecule has 0 bridgehead atoms. The van der Waals surface area contributed by atoms with Crippen LogP contribution < -0.4 is 18.1 Å². The summed E-state index contributed by atoms with van der Waals surface area (Å²) in [6.45, 7) is 15.8. The van der Waals surface area contributed by atoms with Crippen molar-refractivity contribution in [3.05, 3.63) is 181 Å². The van der Waals surface area contributed by atoms with Crippen molar-refractivity contribution in [1.29, 1.82) is 0 Å². The van der Waals surface area contributed by atoms with Crippen molar-refractivity contribution in [3.8, 4) is 34.1 Å². The van der Waals surface area contributed by atoms with E-state index in [1.54, 1.807) is 26.0 Å². The maximum atomic E-state index is 14.1. The second-order valence-corrected chi connectivity index (χ2v) is 16.1. The molecule has 0 saturated heterocycles. The smallest absolute Gasteiger partial charge is 0.341 e. The third kappa shape index (κ3) is 10.4. The predicted molar refractivity (Wildman–Crippen MR) is 295 cm³/mol. The number of rotatable bonds is 13. The molecule has 0 fully saturated rings. The van der Waals surface area contributed by atoms with Gasteiger partial charge in [-0.1, -0.05) is 187 Å². The summed E-state index contributed by atoms with van der Waals surface area (Å²) in [7, 11) is -1.21. The first-order valence-corrected chi connectivity index (χ1v) is 25.6. The van der Waals surface area contributed by atoms with Gasteiger partial charge in [0.2, 0.25) is 0 Å². The lowest BCUT2D eigenvalue weighted by Crippen LogP contribution is -2.10. The number of esters is 2. The first kappa shape index (κ1) is 50.6. The largest absolute Gasteiger partial charge is 0.462 e. The summed E-state index contributed by atoms with van der Waals surface area (Å²) in [6.07, 6.45) is 0. The van der Waals surface area contributed by atoms with Gasteiger partial charge < -0.3 is 27.6 Å². The Morgan fingerprint density at radius 2 is 0.643 bits per heavy atom. The fraction of sp³-hybridized carbons (Fsp3) is 0.167. The Labute approximate surface area is 413 Å². The average molecular weight is 969 g/mol. The molecule has 0 N–H and O–H groups in total. The highest BCUT2D eigenvalue weighted by molar-refractivity contribution is 7.27. The van der Waals surface area contributed by atoms with Gasteiger partial charge in [-0.25, -0.2) is 9.59 Å². The average Bonchev–Trinajstić information content (AvgIpc) is 3.42. The van der Waals surface area contributed by atoms with E-state index in [0.717, 1.165) is 64.6 Å². The minimum absolute atomic E-state index is 0.139. The Kier molecular flexibility index (Phi) is 17.6. The first-order valence-electron chi connectivity index (χ1n) is 24.0. The van der Waals surface area contributed by atoms with Gasteiger partial charge >= 0.3 is 11.9 Å². The van der Waals surface area contributed by atoms with Gasteiger partial charge in [-0.2, -0.15) is 0 Å². The minimum Gasteiger partial charge on any atom is -0.462 e. The van der Waals surface area contributed by atoms with Crippen LogP contribution in [0.1, 0.15) is 76.1 Å². The summed E-state index contributed by atoms with van der Waals surface area (Å²) in [5, 5.41) is 11.2. The van der Waals surface area contributed by atoms with Crippen LogP contribution in [-0.2, 0) is 9.47 Å². The second-order valence-electron chi connectivity index (χ2n) is 15.0. The van der Waals surface area contributed by atoms with E-state index < -0.39 is 30.0 Å². The molecule has 10 aromatic carbocycles. The Balaban J connectivity index is 0.00000116. The highest BCUT2D eigenvalue weighted by Gasteiger charge is 2.30. The fourth-order valence-electron chi connectivity index (χ4n) is 8.51. The fourth-order valence-corrected chi connectivity index (χ4v) is 9.70. The number of hydrogen-bond acceptors (Lipinski definition) is 8. The summed E-state index contributed by atoms with van der Waals surface area (Å²) < 4.78 is 38.0. The SMILES string of the molecule is CC.CC.CC.CCOC(=O)c1cc2ccccc2c(-c2c(OPOc3cc4ccccc4c4ccccc34)c(C(=O)OCC)cc3ccccc23)c1OPOc1cc2ccccc2c2ccccc12. The Morgan fingerprint density at radius 3 is 0.986 bits per heavy atom. The molecule has 0 aliphatic rings. The summed E-state index contributed by atoms with van der Waals surface area (Å²) in [4.78, 5) is 28.2. The van der Waals surface area contributed by atoms with Crippen LogP contribution in [0.5, 0.6) is 23.0 Å². The summed E-state index contributed by atoms with van der Waals surface area (Å²) in [5.41, 5.74) is 1.40. The van der Waals surface area contributed by atoms with Gasteiger partial charge in [-0.3, -0.25) is 0 Å². The number of carbonyl (C=O) groups is 2. The van der Waals surface area contributed by atoms with E-state index >= 15 is 0 Å². The van der Waals surface area contributed by atoms with E-state index in [1.807, 2.05) is 163 Å². The predicted octanol–water partition coefficient (Wildman–Crippen LogP) is 17.6. The third-order valence-corrected chi connectivity index (χ3v) is 12.5. The van der Waals surface area contributed by atoms with Crippen LogP contribution >= 0.6 is 18.1 Å². The van der Waals surface area contributed by atoms with Gasteiger partial charge in [0, 0.05) is 21.9 Å². The molecular weight excluding hydrogens is 911 g/mol. The Hall–Kier alpha value is -7.24. The van der Waals surface area contributed by atoms with Crippen LogP contribution in [0, 0.1) is 0 Å². The quantitative estimate of drug-likeness (QED) is 0.0641. The van der Waals surface area contributed by atoms with Crippen molar-refractivity contribution < 1.29 is 37.2 Å². The monoisotopic (exact) mass is 968 g/mol. The van der Waals surface area contributed by atoms with Crippen LogP contribution in [0.4, 0.5) is 0 Å². The molecule has 0 aromatic heterocycles. The number of benzene rings is 10. The molecule has 0 radical (unpaired) electrons. The molecule has 8 nitrogen and oxygen atoms in total. The van der Waals surface area contributed by atoms with Crippen molar-refractivity contribution in [3.63, 3.8) is 0 Å². The van der Waals surface area contributed by atoms with Crippen LogP contribution in [0.25, 0.3) is 75.8 Å². The van der Waals surface area contributed by atoms with Crippen molar-refractivity contribution in [2.75, 3.05) is 13.2 Å². The topological polar surface area (TPSA) is 89.5 Å². The van der Waals surface area contributed by atoms with Crippen LogP contribution in [0.2, 0.25) is 0 Å². The summed E-state index contributed by atoms with van der Waals surface area (Å²) in [6, 6.07) is 55.5. The molecule has 0 spiro atoms. The Bertz CT molecular complexity index is 3210. The Morgan fingerprint density at radius 1 is 0.357 bits per heavy atom. The first-order chi connectivity index (χ1) is 34.5. The molecule has 0 aliphatic heterocycles. The van der Waals surface area contributed by atoms with Crippen molar-refractivity contribution in [2.24, 2.45) is 0 Å². The molecule has 0 amide bonds. The highest BCUT2D eigenvalue weighted by Crippen LogP contribution is 2.52. The molecule has 0 aliphatic carbocycles. The lowest BCUT2D eigenvalue weighted by molar-refractivity contribution is 0.0514.